The third-order valence-corrected chi connectivity index (χ3v) is 1.47. The predicted molar refractivity (Wildman–Crippen MR) is 47.9 cm³/mol. The van der Waals surface area contributed by atoms with Gasteiger partial charge in [-0.15, -0.1) is 0 Å². The molecule has 1 aromatic carbocycles. The Morgan fingerprint density at radius 1 is 1.23 bits per heavy atom. The molecule has 0 fully saturated rings. The summed E-state index contributed by atoms with van der Waals surface area (Å²) >= 11 is 0. The highest BCUT2D eigenvalue weighted by atomic mass is 16.2. The van der Waals surface area contributed by atoms with Crippen molar-refractivity contribution >= 4 is 11.9 Å². The minimum Gasteiger partial charge on any atom is -0.351 e. The smallest absolute Gasteiger partial charge is 0.318 e. The summed E-state index contributed by atoms with van der Waals surface area (Å²) in [5.74, 6) is -0.390. The van der Waals surface area contributed by atoms with Crippen molar-refractivity contribution in [3.63, 3.8) is 0 Å². The molecule has 4 nitrogen and oxygen atoms in total. The monoisotopic (exact) mass is 178 g/mol. The van der Waals surface area contributed by atoms with Crippen LogP contribution in [0.3, 0.4) is 0 Å². The fraction of sp³-hybridized carbons (Fsp3) is 0.111. The number of hydrogen-bond acceptors (Lipinski definition) is 2. The first-order valence-corrected chi connectivity index (χ1v) is 3.81. The molecule has 1 aromatic rings. The van der Waals surface area contributed by atoms with Crippen molar-refractivity contribution in [3.05, 3.63) is 35.9 Å². The number of benzene rings is 1. The van der Waals surface area contributed by atoms with Crippen molar-refractivity contribution in [3.8, 4) is 0 Å². The maximum absolute atomic E-state index is 11.0. The molecule has 0 aliphatic rings. The largest absolute Gasteiger partial charge is 0.351 e. The highest BCUT2D eigenvalue weighted by molar-refractivity contribution is 5.94. The van der Waals surface area contributed by atoms with Crippen LogP contribution in [-0.4, -0.2) is 11.9 Å². The summed E-state index contributed by atoms with van der Waals surface area (Å²) in [4.78, 5) is 21.3. The van der Waals surface area contributed by atoms with Crippen molar-refractivity contribution in [2.45, 2.75) is 6.42 Å². The summed E-state index contributed by atoms with van der Waals surface area (Å²) in [6.45, 7) is 0. The lowest BCUT2D eigenvalue weighted by atomic mass is 10.1. The zero-order valence-corrected chi connectivity index (χ0v) is 6.99. The van der Waals surface area contributed by atoms with Crippen LogP contribution in [0.2, 0.25) is 0 Å². The minimum absolute atomic E-state index is 0.170. The standard InChI is InChI=1S/C9H10N2O2/c10-9(13)11-8(12)6-7-4-2-1-3-5-7/h1-5H,6H2,(H3,10,11,12,13). The molecule has 0 atom stereocenters. The number of carbonyl (C=O) groups is 2. The second kappa shape index (κ2) is 4.25. The first-order valence-electron chi connectivity index (χ1n) is 3.81. The molecule has 0 saturated carbocycles. The molecule has 0 aliphatic heterocycles. The van der Waals surface area contributed by atoms with Crippen LogP contribution >= 0.6 is 0 Å². The van der Waals surface area contributed by atoms with Crippen molar-refractivity contribution in [1.82, 2.24) is 5.32 Å². The first-order chi connectivity index (χ1) is 6.18. The number of imide groups is 1. The van der Waals surface area contributed by atoms with Gasteiger partial charge < -0.3 is 5.73 Å². The summed E-state index contributed by atoms with van der Waals surface area (Å²) < 4.78 is 0. The van der Waals surface area contributed by atoms with Gasteiger partial charge in [0.2, 0.25) is 5.91 Å². The van der Waals surface area contributed by atoms with Gasteiger partial charge in [0.15, 0.2) is 0 Å². The van der Waals surface area contributed by atoms with Crippen LogP contribution in [0.25, 0.3) is 0 Å². The second-order valence-corrected chi connectivity index (χ2v) is 2.57. The van der Waals surface area contributed by atoms with E-state index in [0.717, 1.165) is 5.56 Å². The molecule has 3 N–H and O–H groups in total. The number of nitrogens with one attached hydrogen (secondary N) is 1. The zero-order chi connectivity index (χ0) is 9.68. The van der Waals surface area contributed by atoms with Crippen LogP contribution in [0.15, 0.2) is 30.3 Å². The molecule has 68 valence electrons. The second-order valence-electron chi connectivity index (χ2n) is 2.57. The van der Waals surface area contributed by atoms with E-state index in [1.54, 1.807) is 12.1 Å². The van der Waals surface area contributed by atoms with Crippen LogP contribution in [0.5, 0.6) is 0 Å². The van der Waals surface area contributed by atoms with Gasteiger partial charge in [0, 0.05) is 0 Å². The van der Waals surface area contributed by atoms with E-state index in [0.29, 0.717) is 0 Å². The van der Waals surface area contributed by atoms with Gasteiger partial charge in [-0.2, -0.15) is 0 Å². The van der Waals surface area contributed by atoms with Gasteiger partial charge >= 0.3 is 6.03 Å². The van der Waals surface area contributed by atoms with E-state index < -0.39 is 11.9 Å². The van der Waals surface area contributed by atoms with Gasteiger partial charge in [-0.05, 0) is 5.56 Å². The number of carbonyl (C=O) groups excluding carboxylic acids is 2. The third kappa shape index (κ3) is 3.37. The number of amides is 3. The maximum atomic E-state index is 11.0. The Morgan fingerprint density at radius 2 is 1.85 bits per heavy atom. The number of hydrogen-bond donors (Lipinski definition) is 2. The number of nitrogens with two attached hydrogens (primary N) is 1. The van der Waals surface area contributed by atoms with Crippen LogP contribution in [0, 0.1) is 0 Å². The molecule has 0 bridgehead atoms. The Bertz CT molecular complexity index is 309. The lowest BCUT2D eigenvalue weighted by Crippen LogP contribution is -2.35. The van der Waals surface area contributed by atoms with Crippen LogP contribution < -0.4 is 11.1 Å². The fourth-order valence-corrected chi connectivity index (χ4v) is 0.963. The van der Waals surface area contributed by atoms with E-state index >= 15 is 0 Å². The molecule has 0 unspecified atom stereocenters. The topological polar surface area (TPSA) is 72.2 Å². The van der Waals surface area contributed by atoms with Crippen LogP contribution in [0.1, 0.15) is 5.56 Å². The quantitative estimate of drug-likeness (QED) is 0.689. The van der Waals surface area contributed by atoms with Gasteiger partial charge in [-0.3, -0.25) is 10.1 Å². The van der Waals surface area contributed by atoms with E-state index in [4.69, 9.17) is 5.73 Å². The van der Waals surface area contributed by atoms with Gasteiger partial charge in [0.1, 0.15) is 0 Å². The van der Waals surface area contributed by atoms with Gasteiger partial charge in [0.05, 0.1) is 6.42 Å². The van der Waals surface area contributed by atoms with E-state index in [1.165, 1.54) is 0 Å². The number of rotatable bonds is 2. The SMILES string of the molecule is NC(=O)NC(=O)Cc1ccccc1. The molecule has 0 radical (unpaired) electrons. The Morgan fingerprint density at radius 3 is 2.38 bits per heavy atom. The van der Waals surface area contributed by atoms with Crippen molar-refractivity contribution < 1.29 is 9.59 Å². The Labute approximate surface area is 75.7 Å². The summed E-state index contributed by atoms with van der Waals surface area (Å²) in [7, 11) is 0. The van der Waals surface area contributed by atoms with Crippen molar-refractivity contribution in [2.24, 2.45) is 5.73 Å². The van der Waals surface area contributed by atoms with Crippen molar-refractivity contribution in [2.75, 3.05) is 0 Å². The predicted octanol–water partition coefficient (Wildman–Crippen LogP) is 0.424. The number of urea groups is 1. The van der Waals surface area contributed by atoms with Crippen LogP contribution in [-0.2, 0) is 11.2 Å². The Kier molecular flexibility index (Phi) is 3.03. The maximum Gasteiger partial charge on any atom is 0.318 e. The normalized spacial score (nSPS) is 9.23. The molecule has 0 aromatic heterocycles. The molecule has 0 spiro atoms. The molecular weight excluding hydrogens is 168 g/mol. The average Bonchev–Trinajstić information content (AvgIpc) is 2.04. The summed E-state index contributed by atoms with van der Waals surface area (Å²) in [6.07, 6.45) is 0.170. The van der Waals surface area contributed by atoms with E-state index in [2.05, 4.69) is 0 Å². The molecule has 13 heavy (non-hydrogen) atoms. The molecule has 0 heterocycles. The molecule has 0 saturated heterocycles. The van der Waals surface area contributed by atoms with E-state index in [9.17, 15) is 9.59 Å². The fourth-order valence-electron chi connectivity index (χ4n) is 0.963. The number of primary amides is 1. The Balaban J connectivity index is 2.50. The summed E-state index contributed by atoms with van der Waals surface area (Å²) in [5, 5.41) is 1.99. The van der Waals surface area contributed by atoms with Crippen LogP contribution in [0.4, 0.5) is 4.79 Å². The lowest BCUT2D eigenvalue weighted by molar-refractivity contribution is -0.119. The highest BCUT2D eigenvalue weighted by Crippen LogP contribution is 1.98. The van der Waals surface area contributed by atoms with Gasteiger partial charge in [0.25, 0.3) is 0 Å². The van der Waals surface area contributed by atoms with E-state index in [-0.39, 0.29) is 6.42 Å². The molecule has 3 amide bonds. The average molecular weight is 178 g/mol. The highest BCUT2D eigenvalue weighted by Gasteiger charge is 2.03. The third-order valence-electron chi connectivity index (χ3n) is 1.47. The first kappa shape index (κ1) is 9.25. The minimum atomic E-state index is -0.819. The molecule has 0 aliphatic carbocycles. The molecule has 1 rings (SSSR count). The lowest BCUT2D eigenvalue weighted by Gasteiger charge is -1.99. The van der Waals surface area contributed by atoms with Gasteiger partial charge in [-0.1, -0.05) is 30.3 Å². The van der Waals surface area contributed by atoms with Gasteiger partial charge in [-0.25, -0.2) is 4.79 Å². The molecular formula is C9H10N2O2. The summed E-state index contributed by atoms with van der Waals surface area (Å²) in [5.41, 5.74) is 5.62. The van der Waals surface area contributed by atoms with E-state index in [1.807, 2.05) is 23.5 Å². The summed E-state index contributed by atoms with van der Waals surface area (Å²) in [6, 6.07) is 8.30. The van der Waals surface area contributed by atoms with Crippen molar-refractivity contribution in [1.29, 1.82) is 0 Å². The molecule has 4 heteroatoms. The Hall–Kier alpha value is -1.84. The zero-order valence-electron chi connectivity index (χ0n) is 6.99.